The summed E-state index contributed by atoms with van der Waals surface area (Å²) in [5.41, 5.74) is -0.784. The number of carbonyl (C=O) groups excluding carboxylic acids is 1. The molecule has 2 aromatic rings. The van der Waals surface area contributed by atoms with Crippen LogP contribution in [-0.2, 0) is 4.74 Å². The number of hydrogen-bond donors (Lipinski definition) is 2. The van der Waals surface area contributed by atoms with Gasteiger partial charge in [-0.2, -0.15) is 4.98 Å². The van der Waals surface area contributed by atoms with Gasteiger partial charge in [0, 0.05) is 0 Å². The Balaban J connectivity index is 2.62. The first-order valence-corrected chi connectivity index (χ1v) is 4.91. The minimum atomic E-state index is -0.699. The zero-order valence-electron chi connectivity index (χ0n) is 8.31. The summed E-state index contributed by atoms with van der Waals surface area (Å²) in [6.45, 7) is 1.86. The summed E-state index contributed by atoms with van der Waals surface area (Å²) >= 11 is 4.83. The molecular weight excluding hydrogens is 232 g/mol. The second-order valence-electron chi connectivity index (χ2n) is 2.94. The first kappa shape index (κ1) is 10.6. The quantitative estimate of drug-likeness (QED) is 0.580. The summed E-state index contributed by atoms with van der Waals surface area (Å²) in [6, 6.07) is 0. The van der Waals surface area contributed by atoms with Crippen LogP contribution in [0, 0.1) is 4.77 Å². The summed E-state index contributed by atoms with van der Waals surface area (Å²) in [6.07, 6.45) is 1.30. The lowest BCUT2D eigenvalue weighted by atomic mass is 10.3. The lowest BCUT2D eigenvalue weighted by molar-refractivity contribution is 0.0523. The van der Waals surface area contributed by atoms with Crippen molar-refractivity contribution >= 4 is 24.0 Å². The van der Waals surface area contributed by atoms with Gasteiger partial charge in [-0.05, 0) is 19.1 Å². The number of rotatable bonds is 2. The Labute approximate surface area is 94.1 Å². The number of nitrogens with one attached hydrogen (secondary N) is 2. The number of esters is 1. The van der Waals surface area contributed by atoms with Crippen LogP contribution in [0.4, 0.5) is 0 Å². The number of carbonyl (C=O) groups is 1. The van der Waals surface area contributed by atoms with Crippen molar-refractivity contribution in [3.05, 3.63) is 26.9 Å². The molecule has 0 fully saturated rings. The van der Waals surface area contributed by atoms with E-state index < -0.39 is 11.5 Å². The minimum Gasteiger partial charge on any atom is -0.462 e. The van der Waals surface area contributed by atoms with E-state index in [1.807, 2.05) is 0 Å². The molecule has 0 saturated heterocycles. The summed E-state index contributed by atoms with van der Waals surface area (Å²) in [7, 11) is 0. The SMILES string of the molecule is CCOC(=O)c1cn2[nH]c(=S)[nH]c2nc1=O. The Kier molecular flexibility index (Phi) is 2.57. The van der Waals surface area contributed by atoms with E-state index in [0.717, 1.165) is 0 Å². The molecule has 0 spiro atoms. The Morgan fingerprint density at radius 1 is 1.69 bits per heavy atom. The Morgan fingerprint density at radius 3 is 3.12 bits per heavy atom. The van der Waals surface area contributed by atoms with Gasteiger partial charge in [0.25, 0.3) is 5.56 Å². The van der Waals surface area contributed by atoms with Gasteiger partial charge in [0.2, 0.25) is 5.78 Å². The number of fused-ring (bicyclic) bond motifs is 1. The van der Waals surface area contributed by atoms with Crippen LogP contribution in [-0.4, -0.2) is 32.2 Å². The lowest BCUT2D eigenvalue weighted by Gasteiger charge is -2.00. The topological polar surface area (TPSA) is 92.2 Å². The van der Waals surface area contributed by atoms with E-state index >= 15 is 0 Å². The predicted molar refractivity (Wildman–Crippen MR) is 57.0 cm³/mol. The predicted octanol–water partition coefficient (Wildman–Crippen LogP) is 0.257. The maximum absolute atomic E-state index is 11.5. The van der Waals surface area contributed by atoms with E-state index in [1.54, 1.807) is 6.92 Å². The molecule has 0 aliphatic heterocycles. The summed E-state index contributed by atoms with van der Waals surface area (Å²) in [5, 5.41) is 2.69. The van der Waals surface area contributed by atoms with Crippen molar-refractivity contribution in [1.82, 2.24) is 19.6 Å². The van der Waals surface area contributed by atoms with Crippen LogP contribution in [0.3, 0.4) is 0 Å². The molecule has 2 rings (SSSR count). The van der Waals surface area contributed by atoms with Crippen LogP contribution < -0.4 is 5.56 Å². The maximum atomic E-state index is 11.5. The molecule has 0 aromatic carbocycles. The van der Waals surface area contributed by atoms with Crippen molar-refractivity contribution < 1.29 is 9.53 Å². The largest absolute Gasteiger partial charge is 0.462 e. The fraction of sp³-hybridized carbons (Fsp3) is 0.250. The smallest absolute Gasteiger partial charge is 0.345 e. The molecule has 8 heteroatoms. The molecule has 7 nitrogen and oxygen atoms in total. The first-order chi connectivity index (χ1) is 7.61. The minimum absolute atomic E-state index is 0.135. The van der Waals surface area contributed by atoms with Crippen LogP contribution in [0.15, 0.2) is 11.0 Å². The molecule has 0 aliphatic rings. The van der Waals surface area contributed by atoms with E-state index in [-0.39, 0.29) is 17.9 Å². The van der Waals surface area contributed by atoms with Gasteiger partial charge >= 0.3 is 5.97 Å². The van der Waals surface area contributed by atoms with Crippen LogP contribution in [0.1, 0.15) is 17.3 Å². The van der Waals surface area contributed by atoms with Gasteiger partial charge in [-0.3, -0.25) is 14.9 Å². The van der Waals surface area contributed by atoms with Gasteiger partial charge in [-0.25, -0.2) is 9.31 Å². The maximum Gasteiger partial charge on any atom is 0.345 e. The van der Waals surface area contributed by atoms with E-state index in [2.05, 4.69) is 15.1 Å². The molecule has 2 aromatic heterocycles. The zero-order chi connectivity index (χ0) is 11.7. The molecule has 84 valence electrons. The molecular formula is C8H8N4O3S. The second-order valence-corrected chi connectivity index (χ2v) is 3.35. The van der Waals surface area contributed by atoms with Gasteiger partial charge in [-0.15, -0.1) is 0 Å². The zero-order valence-corrected chi connectivity index (χ0v) is 9.13. The van der Waals surface area contributed by atoms with Crippen molar-refractivity contribution in [2.24, 2.45) is 0 Å². The molecule has 0 aliphatic carbocycles. The fourth-order valence-corrected chi connectivity index (χ4v) is 1.41. The van der Waals surface area contributed by atoms with Crippen molar-refractivity contribution in [3.63, 3.8) is 0 Å². The highest BCUT2D eigenvalue weighted by Gasteiger charge is 2.14. The normalized spacial score (nSPS) is 10.6. The number of aromatic nitrogens is 4. The number of nitrogens with zero attached hydrogens (tertiary/aromatic N) is 2. The summed E-state index contributed by atoms with van der Waals surface area (Å²) < 4.78 is 6.39. The van der Waals surface area contributed by atoms with E-state index in [0.29, 0.717) is 4.77 Å². The van der Waals surface area contributed by atoms with Crippen molar-refractivity contribution in [3.8, 4) is 0 Å². The second kappa shape index (κ2) is 3.89. The number of hydrogen-bond acceptors (Lipinski definition) is 5. The average Bonchev–Trinajstić information content (AvgIpc) is 2.56. The van der Waals surface area contributed by atoms with Gasteiger partial charge in [0.05, 0.1) is 12.8 Å². The first-order valence-electron chi connectivity index (χ1n) is 4.50. The number of aromatic amines is 2. The standard InChI is InChI=1S/C8H8N4O3S/c1-2-15-6(14)4-3-12-7(9-5(4)13)10-8(16)11-12/h3H,2H2,1H3,(H2,9,10,11,13,16). The van der Waals surface area contributed by atoms with E-state index in [4.69, 9.17) is 17.0 Å². The highest BCUT2D eigenvalue weighted by molar-refractivity contribution is 7.71. The molecule has 0 atom stereocenters. The fourth-order valence-electron chi connectivity index (χ4n) is 1.22. The molecule has 2 N–H and O–H groups in total. The molecule has 2 heterocycles. The lowest BCUT2D eigenvalue weighted by Crippen LogP contribution is -2.21. The van der Waals surface area contributed by atoms with Crippen LogP contribution >= 0.6 is 12.2 Å². The van der Waals surface area contributed by atoms with E-state index in [1.165, 1.54) is 10.7 Å². The molecule has 0 radical (unpaired) electrons. The molecule has 16 heavy (non-hydrogen) atoms. The number of H-pyrrole nitrogens is 2. The third-order valence-corrected chi connectivity index (χ3v) is 2.06. The highest BCUT2D eigenvalue weighted by Crippen LogP contribution is 1.97. The van der Waals surface area contributed by atoms with Crippen LogP contribution in [0.2, 0.25) is 0 Å². The van der Waals surface area contributed by atoms with Gasteiger partial charge < -0.3 is 4.74 Å². The van der Waals surface area contributed by atoms with Gasteiger partial charge in [0.1, 0.15) is 5.56 Å². The summed E-state index contributed by atoms with van der Waals surface area (Å²) in [4.78, 5) is 29.2. The molecule has 0 amide bonds. The Hall–Kier alpha value is -1.96. The van der Waals surface area contributed by atoms with Gasteiger partial charge in [0.15, 0.2) is 4.77 Å². The van der Waals surface area contributed by atoms with Crippen LogP contribution in [0.25, 0.3) is 5.78 Å². The van der Waals surface area contributed by atoms with Crippen molar-refractivity contribution in [1.29, 1.82) is 0 Å². The number of ether oxygens (including phenoxy) is 1. The van der Waals surface area contributed by atoms with Gasteiger partial charge in [-0.1, -0.05) is 0 Å². The monoisotopic (exact) mass is 240 g/mol. The highest BCUT2D eigenvalue weighted by atomic mass is 32.1. The molecule has 0 unspecified atom stereocenters. The third kappa shape index (κ3) is 1.74. The Morgan fingerprint density at radius 2 is 2.44 bits per heavy atom. The van der Waals surface area contributed by atoms with Crippen molar-refractivity contribution in [2.75, 3.05) is 6.61 Å². The molecule has 0 bridgehead atoms. The summed E-state index contributed by atoms with van der Waals surface area (Å²) in [5.74, 6) is -0.446. The van der Waals surface area contributed by atoms with E-state index in [9.17, 15) is 9.59 Å². The van der Waals surface area contributed by atoms with Crippen molar-refractivity contribution in [2.45, 2.75) is 6.92 Å². The average molecular weight is 240 g/mol. The third-order valence-electron chi connectivity index (χ3n) is 1.87. The Bertz CT molecular complexity index is 653. The molecule has 0 saturated carbocycles. The van der Waals surface area contributed by atoms with Crippen LogP contribution in [0.5, 0.6) is 0 Å².